The Bertz CT molecular complexity index is 746. The summed E-state index contributed by atoms with van der Waals surface area (Å²) in [5, 5.41) is 6.85. The van der Waals surface area contributed by atoms with Crippen molar-refractivity contribution in [2.45, 2.75) is 19.9 Å². The number of hydrogen-bond donors (Lipinski definition) is 1. The van der Waals surface area contributed by atoms with E-state index in [2.05, 4.69) is 59.9 Å². The molecule has 2 heterocycles. The molecular weight excluding hydrogens is 264 g/mol. The van der Waals surface area contributed by atoms with E-state index >= 15 is 0 Å². The first-order valence-corrected chi connectivity index (χ1v) is 7.66. The van der Waals surface area contributed by atoms with Crippen LogP contribution in [-0.4, -0.2) is 12.0 Å². The van der Waals surface area contributed by atoms with Crippen LogP contribution < -0.4 is 5.32 Å². The Labute approximate surface area is 123 Å². The van der Waals surface area contributed by atoms with Gasteiger partial charge in [-0.1, -0.05) is 18.2 Å². The van der Waals surface area contributed by atoms with E-state index in [1.165, 1.54) is 21.4 Å². The number of rotatable bonds is 3. The van der Waals surface area contributed by atoms with Crippen LogP contribution in [0.25, 0.3) is 10.9 Å². The van der Waals surface area contributed by atoms with Gasteiger partial charge in [0.15, 0.2) is 0 Å². The summed E-state index contributed by atoms with van der Waals surface area (Å²) in [6, 6.07) is 13.0. The van der Waals surface area contributed by atoms with Crippen molar-refractivity contribution in [3.8, 4) is 0 Å². The number of aromatic nitrogens is 1. The molecule has 3 heteroatoms. The standard InChI is InChI=1S/C17H18N2S/c1-11-8-9-20-17(11)16(18-3)14-10-12(2)19-15-7-5-4-6-13(14)15/h4-10,16,18H,1-3H3. The number of thiophene rings is 1. The molecule has 3 rings (SSSR count). The summed E-state index contributed by atoms with van der Waals surface area (Å²) in [7, 11) is 2.02. The molecule has 2 nitrogen and oxygen atoms in total. The van der Waals surface area contributed by atoms with Crippen LogP contribution >= 0.6 is 11.3 Å². The molecule has 1 N–H and O–H groups in total. The first-order valence-electron chi connectivity index (χ1n) is 6.78. The lowest BCUT2D eigenvalue weighted by Crippen LogP contribution is -2.18. The molecule has 0 saturated carbocycles. The zero-order valence-electron chi connectivity index (χ0n) is 12.0. The Morgan fingerprint density at radius 3 is 2.65 bits per heavy atom. The lowest BCUT2D eigenvalue weighted by atomic mass is 9.98. The van der Waals surface area contributed by atoms with E-state index in [1.807, 2.05) is 24.5 Å². The molecule has 2 aromatic heterocycles. The van der Waals surface area contributed by atoms with Crippen molar-refractivity contribution >= 4 is 22.2 Å². The smallest absolute Gasteiger partial charge is 0.0708 e. The van der Waals surface area contributed by atoms with Crippen LogP contribution in [0.3, 0.4) is 0 Å². The van der Waals surface area contributed by atoms with Crippen molar-refractivity contribution in [2.24, 2.45) is 0 Å². The molecule has 102 valence electrons. The van der Waals surface area contributed by atoms with E-state index in [0.717, 1.165) is 11.2 Å². The van der Waals surface area contributed by atoms with Crippen molar-refractivity contribution in [3.05, 3.63) is 63.5 Å². The summed E-state index contributed by atoms with van der Waals surface area (Å²) in [6.45, 7) is 4.23. The fraction of sp³-hybridized carbons (Fsp3) is 0.235. The fourth-order valence-electron chi connectivity index (χ4n) is 2.69. The minimum atomic E-state index is 0.224. The SMILES string of the molecule is CNC(c1sccc1C)c1cc(C)nc2ccccc12. The maximum Gasteiger partial charge on any atom is 0.0708 e. The van der Waals surface area contributed by atoms with E-state index in [1.54, 1.807) is 0 Å². The quantitative estimate of drug-likeness (QED) is 0.778. The van der Waals surface area contributed by atoms with Crippen molar-refractivity contribution in [3.63, 3.8) is 0 Å². The number of aryl methyl sites for hydroxylation is 2. The van der Waals surface area contributed by atoms with Gasteiger partial charge in [-0.25, -0.2) is 0 Å². The molecule has 0 radical (unpaired) electrons. The third-order valence-corrected chi connectivity index (χ3v) is 4.72. The first-order chi connectivity index (χ1) is 9.70. The summed E-state index contributed by atoms with van der Waals surface area (Å²) in [4.78, 5) is 6.01. The van der Waals surface area contributed by atoms with Crippen LogP contribution in [0.4, 0.5) is 0 Å². The summed E-state index contributed by atoms with van der Waals surface area (Å²) in [5.41, 5.74) is 4.78. The first kappa shape index (κ1) is 13.3. The van der Waals surface area contributed by atoms with E-state index in [0.29, 0.717) is 0 Å². The van der Waals surface area contributed by atoms with Gasteiger partial charge in [-0.3, -0.25) is 4.98 Å². The third-order valence-electron chi connectivity index (χ3n) is 3.64. The lowest BCUT2D eigenvalue weighted by molar-refractivity contribution is 0.704. The van der Waals surface area contributed by atoms with Gasteiger partial charge in [0.2, 0.25) is 0 Å². The Balaban J connectivity index is 2.24. The molecule has 1 unspecified atom stereocenters. The van der Waals surface area contributed by atoms with E-state index < -0.39 is 0 Å². The molecule has 1 aromatic carbocycles. The predicted molar refractivity (Wildman–Crippen MR) is 86.4 cm³/mol. The van der Waals surface area contributed by atoms with Crippen molar-refractivity contribution < 1.29 is 0 Å². The number of fused-ring (bicyclic) bond motifs is 1. The third kappa shape index (κ3) is 2.23. The highest BCUT2D eigenvalue weighted by Gasteiger charge is 2.18. The largest absolute Gasteiger partial charge is 0.309 e. The molecule has 0 aliphatic carbocycles. The summed E-state index contributed by atoms with van der Waals surface area (Å²) < 4.78 is 0. The van der Waals surface area contributed by atoms with Crippen molar-refractivity contribution in [1.29, 1.82) is 0 Å². The summed E-state index contributed by atoms with van der Waals surface area (Å²) >= 11 is 1.81. The van der Waals surface area contributed by atoms with Crippen LogP contribution in [-0.2, 0) is 0 Å². The molecule has 20 heavy (non-hydrogen) atoms. The molecule has 0 spiro atoms. The van der Waals surface area contributed by atoms with Crippen LogP contribution in [0, 0.1) is 13.8 Å². The molecule has 0 saturated heterocycles. The number of nitrogens with zero attached hydrogens (tertiary/aromatic N) is 1. The van der Waals surface area contributed by atoms with E-state index in [-0.39, 0.29) is 6.04 Å². The predicted octanol–water partition coefficient (Wildman–Crippen LogP) is 4.22. The highest BCUT2D eigenvalue weighted by Crippen LogP contribution is 2.33. The molecule has 3 aromatic rings. The summed E-state index contributed by atoms with van der Waals surface area (Å²) in [6.07, 6.45) is 0. The highest BCUT2D eigenvalue weighted by molar-refractivity contribution is 7.10. The number of nitrogens with one attached hydrogen (secondary N) is 1. The average molecular weight is 282 g/mol. The minimum absolute atomic E-state index is 0.224. The number of para-hydroxylation sites is 1. The Kier molecular flexibility index (Phi) is 3.55. The van der Waals surface area contributed by atoms with Gasteiger partial charge in [0, 0.05) is 16.0 Å². The van der Waals surface area contributed by atoms with Gasteiger partial charge < -0.3 is 5.32 Å². The molecule has 0 amide bonds. The van der Waals surface area contributed by atoms with Gasteiger partial charge in [0.05, 0.1) is 11.6 Å². The fourth-order valence-corrected chi connectivity index (χ4v) is 3.74. The van der Waals surface area contributed by atoms with Crippen LogP contribution in [0.1, 0.15) is 27.7 Å². The van der Waals surface area contributed by atoms with Crippen molar-refractivity contribution in [1.82, 2.24) is 10.3 Å². The maximum absolute atomic E-state index is 4.63. The molecule has 0 aliphatic heterocycles. The van der Waals surface area contributed by atoms with Crippen LogP contribution in [0.2, 0.25) is 0 Å². The van der Waals surface area contributed by atoms with Gasteiger partial charge >= 0.3 is 0 Å². The second-order valence-corrected chi connectivity index (χ2v) is 6.01. The second kappa shape index (κ2) is 5.35. The second-order valence-electron chi connectivity index (χ2n) is 5.06. The molecule has 0 fully saturated rings. The topological polar surface area (TPSA) is 24.9 Å². The van der Waals surface area contributed by atoms with Gasteiger partial charge in [-0.05, 0) is 55.6 Å². The average Bonchev–Trinajstić information content (AvgIpc) is 2.86. The minimum Gasteiger partial charge on any atom is -0.309 e. The van der Waals surface area contributed by atoms with Crippen LogP contribution in [0.15, 0.2) is 41.8 Å². The van der Waals surface area contributed by atoms with Gasteiger partial charge in [0.1, 0.15) is 0 Å². The van der Waals surface area contributed by atoms with Gasteiger partial charge in [-0.15, -0.1) is 11.3 Å². The molecule has 0 aliphatic rings. The number of benzene rings is 1. The lowest BCUT2D eigenvalue weighted by Gasteiger charge is -2.19. The monoisotopic (exact) mass is 282 g/mol. The maximum atomic E-state index is 4.63. The van der Waals surface area contributed by atoms with E-state index in [9.17, 15) is 0 Å². The van der Waals surface area contributed by atoms with Crippen molar-refractivity contribution in [2.75, 3.05) is 7.05 Å². The molecular formula is C17H18N2S. The number of pyridine rings is 1. The zero-order valence-corrected chi connectivity index (χ0v) is 12.8. The highest BCUT2D eigenvalue weighted by atomic mass is 32.1. The van der Waals surface area contributed by atoms with Gasteiger partial charge in [-0.2, -0.15) is 0 Å². The molecule has 1 atom stereocenters. The summed E-state index contributed by atoms with van der Waals surface area (Å²) in [5.74, 6) is 0. The zero-order chi connectivity index (χ0) is 14.1. The normalized spacial score (nSPS) is 12.8. The van der Waals surface area contributed by atoms with E-state index in [4.69, 9.17) is 0 Å². The Hall–Kier alpha value is -1.71. The van der Waals surface area contributed by atoms with Crippen LogP contribution in [0.5, 0.6) is 0 Å². The number of hydrogen-bond acceptors (Lipinski definition) is 3. The Morgan fingerprint density at radius 2 is 1.95 bits per heavy atom. The Morgan fingerprint density at radius 1 is 1.15 bits per heavy atom. The van der Waals surface area contributed by atoms with Gasteiger partial charge in [0.25, 0.3) is 0 Å². The molecule has 0 bridgehead atoms.